The van der Waals surface area contributed by atoms with E-state index in [2.05, 4.69) is 5.10 Å². The lowest BCUT2D eigenvalue weighted by Crippen LogP contribution is -2.14. The zero-order valence-corrected chi connectivity index (χ0v) is 8.40. The molecule has 1 aliphatic carbocycles. The van der Waals surface area contributed by atoms with Gasteiger partial charge in [0.05, 0.1) is 5.69 Å². The van der Waals surface area contributed by atoms with Gasteiger partial charge in [0, 0.05) is 12.7 Å². The highest BCUT2D eigenvalue weighted by Gasteiger charge is 2.38. The monoisotopic (exact) mass is 194 g/mol. The summed E-state index contributed by atoms with van der Waals surface area (Å²) < 4.78 is 1.73. The van der Waals surface area contributed by atoms with Crippen LogP contribution in [-0.4, -0.2) is 20.9 Å². The summed E-state index contributed by atoms with van der Waals surface area (Å²) in [7, 11) is 1.84. The summed E-state index contributed by atoms with van der Waals surface area (Å²) in [4.78, 5) is 11.1. The van der Waals surface area contributed by atoms with Crippen LogP contribution in [0.3, 0.4) is 0 Å². The molecule has 4 nitrogen and oxygen atoms in total. The third kappa shape index (κ3) is 1.52. The molecule has 1 aromatic rings. The molecule has 1 fully saturated rings. The standard InChI is InChI=1S/C10H14N2O2/c1-6-5-8(11-12(6)2)9(10(13)14)7-3-4-7/h5,7,9H,3-4H2,1-2H3,(H,13,14). The second kappa shape index (κ2) is 3.12. The topological polar surface area (TPSA) is 55.1 Å². The molecule has 1 aromatic heterocycles. The number of hydrogen-bond acceptors (Lipinski definition) is 2. The average Bonchev–Trinajstić information content (AvgIpc) is 2.82. The molecule has 76 valence electrons. The van der Waals surface area contributed by atoms with Gasteiger partial charge in [-0.15, -0.1) is 0 Å². The molecule has 1 atom stereocenters. The molecule has 1 saturated carbocycles. The highest BCUT2D eigenvalue weighted by molar-refractivity contribution is 5.76. The summed E-state index contributed by atoms with van der Waals surface area (Å²) in [5.74, 6) is -0.831. The lowest BCUT2D eigenvalue weighted by atomic mass is 10.00. The van der Waals surface area contributed by atoms with Crippen LogP contribution in [0.25, 0.3) is 0 Å². The summed E-state index contributed by atoms with van der Waals surface area (Å²) in [5, 5.41) is 13.3. The van der Waals surface area contributed by atoms with Crippen LogP contribution < -0.4 is 0 Å². The van der Waals surface area contributed by atoms with Gasteiger partial charge in [0.15, 0.2) is 0 Å². The van der Waals surface area contributed by atoms with E-state index in [0.29, 0.717) is 11.6 Å². The molecule has 2 rings (SSSR count). The van der Waals surface area contributed by atoms with E-state index in [1.54, 1.807) is 4.68 Å². The Morgan fingerprint density at radius 3 is 2.71 bits per heavy atom. The van der Waals surface area contributed by atoms with Crippen molar-refractivity contribution < 1.29 is 9.90 Å². The molecule has 0 radical (unpaired) electrons. The number of nitrogens with zero attached hydrogens (tertiary/aromatic N) is 2. The molecule has 0 aliphatic heterocycles. The van der Waals surface area contributed by atoms with Crippen LogP contribution in [0.5, 0.6) is 0 Å². The maximum Gasteiger partial charge on any atom is 0.312 e. The number of aryl methyl sites for hydroxylation is 2. The van der Waals surface area contributed by atoms with Crippen molar-refractivity contribution in [2.75, 3.05) is 0 Å². The fraction of sp³-hybridized carbons (Fsp3) is 0.600. The van der Waals surface area contributed by atoms with E-state index >= 15 is 0 Å². The van der Waals surface area contributed by atoms with Crippen LogP contribution in [0.15, 0.2) is 6.07 Å². The quantitative estimate of drug-likeness (QED) is 0.789. The average molecular weight is 194 g/mol. The van der Waals surface area contributed by atoms with Crippen molar-refractivity contribution in [1.29, 1.82) is 0 Å². The zero-order valence-electron chi connectivity index (χ0n) is 8.40. The molecule has 0 amide bonds. The largest absolute Gasteiger partial charge is 0.481 e. The Morgan fingerprint density at radius 1 is 1.71 bits per heavy atom. The van der Waals surface area contributed by atoms with E-state index in [-0.39, 0.29) is 0 Å². The molecule has 14 heavy (non-hydrogen) atoms. The van der Waals surface area contributed by atoms with Gasteiger partial charge in [-0.25, -0.2) is 0 Å². The highest BCUT2D eigenvalue weighted by atomic mass is 16.4. The summed E-state index contributed by atoms with van der Waals surface area (Å²) in [5.41, 5.74) is 1.71. The summed E-state index contributed by atoms with van der Waals surface area (Å²) in [6.45, 7) is 1.93. The highest BCUT2D eigenvalue weighted by Crippen LogP contribution is 2.42. The fourth-order valence-electron chi connectivity index (χ4n) is 1.74. The first-order valence-corrected chi connectivity index (χ1v) is 4.83. The first-order valence-electron chi connectivity index (χ1n) is 4.83. The normalized spacial score (nSPS) is 18.1. The van der Waals surface area contributed by atoms with Crippen LogP contribution in [-0.2, 0) is 11.8 Å². The van der Waals surface area contributed by atoms with Gasteiger partial charge in [-0.3, -0.25) is 9.48 Å². The molecule has 1 N–H and O–H groups in total. The van der Waals surface area contributed by atoms with Crippen molar-refractivity contribution in [3.63, 3.8) is 0 Å². The third-order valence-corrected chi connectivity index (χ3v) is 2.81. The second-order valence-corrected chi connectivity index (χ2v) is 3.99. The van der Waals surface area contributed by atoms with E-state index in [0.717, 1.165) is 18.5 Å². The summed E-state index contributed by atoms with van der Waals surface area (Å²) >= 11 is 0. The van der Waals surface area contributed by atoms with Crippen LogP contribution in [0.1, 0.15) is 30.1 Å². The van der Waals surface area contributed by atoms with Gasteiger partial charge in [0.2, 0.25) is 0 Å². The SMILES string of the molecule is Cc1cc(C(C(=O)O)C2CC2)nn1C. The smallest absolute Gasteiger partial charge is 0.312 e. The minimum atomic E-state index is -0.745. The first kappa shape index (κ1) is 9.24. The minimum absolute atomic E-state index is 0.307. The van der Waals surface area contributed by atoms with E-state index in [1.165, 1.54) is 0 Å². The summed E-state index contributed by atoms with van der Waals surface area (Å²) in [6, 6.07) is 1.87. The van der Waals surface area contributed by atoms with E-state index in [4.69, 9.17) is 5.11 Å². The van der Waals surface area contributed by atoms with Gasteiger partial charge in [-0.1, -0.05) is 0 Å². The number of hydrogen-bond donors (Lipinski definition) is 1. The fourth-order valence-corrected chi connectivity index (χ4v) is 1.74. The molecule has 4 heteroatoms. The van der Waals surface area contributed by atoms with Gasteiger partial charge in [0.1, 0.15) is 5.92 Å². The van der Waals surface area contributed by atoms with Crippen molar-refractivity contribution in [1.82, 2.24) is 9.78 Å². The predicted molar refractivity (Wildman–Crippen MR) is 51.0 cm³/mol. The maximum absolute atomic E-state index is 11.1. The molecule has 1 unspecified atom stereocenters. The number of aromatic nitrogens is 2. The lowest BCUT2D eigenvalue weighted by Gasteiger charge is -2.06. The van der Waals surface area contributed by atoms with Crippen LogP contribution in [0, 0.1) is 12.8 Å². The van der Waals surface area contributed by atoms with E-state index in [1.807, 2.05) is 20.0 Å². The van der Waals surface area contributed by atoms with Crippen molar-refractivity contribution >= 4 is 5.97 Å². The van der Waals surface area contributed by atoms with Crippen LogP contribution in [0.2, 0.25) is 0 Å². The number of aliphatic carboxylic acids is 1. The van der Waals surface area contributed by atoms with Crippen molar-refractivity contribution in [3.05, 3.63) is 17.5 Å². The lowest BCUT2D eigenvalue weighted by molar-refractivity contribution is -0.139. The van der Waals surface area contributed by atoms with Gasteiger partial charge in [-0.2, -0.15) is 5.10 Å². The molecule has 0 bridgehead atoms. The Morgan fingerprint density at radius 2 is 2.36 bits per heavy atom. The number of carboxylic acid groups (broad SMARTS) is 1. The van der Waals surface area contributed by atoms with Crippen LogP contribution >= 0.6 is 0 Å². The molecule has 0 saturated heterocycles. The first-order chi connectivity index (χ1) is 6.59. The molecular weight excluding hydrogens is 180 g/mol. The van der Waals surface area contributed by atoms with Crippen LogP contribution in [0.4, 0.5) is 0 Å². The number of carboxylic acids is 1. The Hall–Kier alpha value is -1.32. The second-order valence-electron chi connectivity index (χ2n) is 3.99. The number of carbonyl (C=O) groups is 1. The summed E-state index contributed by atoms with van der Waals surface area (Å²) in [6.07, 6.45) is 2.04. The molecule has 0 aromatic carbocycles. The van der Waals surface area contributed by atoms with Gasteiger partial charge < -0.3 is 5.11 Å². The van der Waals surface area contributed by atoms with E-state index < -0.39 is 11.9 Å². The Balaban J connectivity index is 2.30. The molecular formula is C10H14N2O2. The van der Waals surface area contributed by atoms with Crippen molar-refractivity contribution in [2.45, 2.75) is 25.7 Å². The maximum atomic E-state index is 11.1. The Labute approximate surface area is 82.5 Å². The molecule has 1 heterocycles. The van der Waals surface area contributed by atoms with Gasteiger partial charge in [-0.05, 0) is 31.7 Å². The molecule has 0 spiro atoms. The minimum Gasteiger partial charge on any atom is -0.481 e. The zero-order chi connectivity index (χ0) is 10.3. The Kier molecular flexibility index (Phi) is 2.06. The van der Waals surface area contributed by atoms with Crippen molar-refractivity contribution in [2.24, 2.45) is 13.0 Å². The van der Waals surface area contributed by atoms with Crippen molar-refractivity contribution in [3.8, 4) is 0 Å². The third-order valence-electron chi connectivity index (χ3n) is 2.81. The predicted octanol–water partition coefficient (Wildman–Crippen LogP) is 1.31. The van der Waals surface area contributed by atoms with Gasteiger partial charge in [0.25, 0.3) is 0 Å². The van der Waals surface area contributed by atoms with E-state index in [9.17, 15) is 4.79 Å². The van der Waals surface area contributed by atoms with Gasteiger partial charge >= 0.3 is 5.97 Å². The Bertz CT molecular complexity index is 347. The number of rotatable bonds is 3. The molecule has 1 aliphatic rings.